The summed E-state index contributed by atoms with van der Waals surface area (Å²) in [5.41, 5.74) is 2.81. The predicted octanol–water partition coefficient (Wildman–Crippen LogP) is 8.31. The van der Waals surface area contributed by atoms with Crippen LogP contribution in [0.15, 0.2) is 107 Å². The Balaban J connectivity index is 1.57. The number of hydrogen-bond acceptors (Lipinski definition) is 5. The Morgan fingerprint density at radius 2 is 1.53 bits per heavy atom. The maximum Gasteiger partial charge on any atom is 0.264 e. The molecule has 0 unspecified atom stereocenters. The van der Waals surface area contributed by atoms with E-state index in [0.29, 0.717) is 21.3 Å². The third kappa shape index (κ3) is 9.60. The molecule has 11 heteroatoms. The molecule has 0 aliphatic heterocycles. The van der Waals surface area contributed by atoms with Gasteiger partial charge < -0.3 is 10.2 Å². The monoisotopic (exact) mass is 737 g/mol. The lowest BCUT2D eigenvalue weighted by atomic mass is 9.94. The summed E-state index contributed by atoms with van der Waals surface area (Å²) in [5.74, 6) is -0.808. The van der Waals surface area contributed by atoms with E-state index >= 15 is 0 Å². The summed E-state index contributed by atoms with van der Waals surface area (Å²) in [7, 11) is -4.20. The highest BCUT2D eigenvalue weighted by molar-refractivity contribution is 7.98. The van der Waals surface area contributed by atoms with Gasteiger partial charge in [0, 0.05) is 23.9 Å². The van der Waals surface area contributed by atoms with Gasteiger partial charge in [-0.3, -0.25) is 13.9 Å². The molecule has 0 radical (unpaired) electrons. The van der Waals surface area contributed by atoms with Gasteiger partial charge in [0.05, 0.1) is 20.6 Å². The molecule has 0 bridgehead atoms. The molecule has 258 valence electrons. The molecule has 4 aromatic carbocycles. The Morgan fingerprint density at radius 3 is 2.16 bits per heavy atom. The van der Waals surface area contributed by atoms with E-state index < -0.39 is 28.5 Å². The van der Waals surface area contributed by atoms with Gasteiger partial charge in [-0.1, -0.05) is 96.6 Å². The van der Waals surface area contributed by atoms with E-state index in [9.17, 15) is 18.0 Å². The summed E-state index contributed by atoms with van der Waals surface area (Å²) >= 11 is 14.1. The van der Waals surface area contributed by atoms with Crippen LogP contribution >= 0.6 is 35.0 Å². The first kappa shape index (κ1) is 36.8. The van der Waals surface area contributed by atoms with Crippen molar-refractivity contribution in [2.75, 3.05) is 17.1 Å². The zero-order valence-electron chi connectivity index (χ0n) is 27.6. The van der Waals surface area contributed by atoms with Crippen LogP contribution in [0.1, 0.15) is 48.8 Å². The van der Waals surface area contributed by atoms with Crippen molar-refractivity contribution in [3.63, 3.8) is 0 Å². The van der Waals surface area contributed by atoms with Gasteiger partial charge in [-0.25, -0.2) is 8.42 Å². The van der Waals surface area contributed by atoms with E-state index in [2.05, 4.69) is 5.32 Å². The van der Waals surface area contributed by atoms with Gasteiger partial charge >= 0.3 is 0 Å². The molecule has 1 aliphatic carbocycles. The lowest BCUT2D eigenvalue weighted by Gasteiger charge is -2.35. The molecule has 0 aromatic heterocycles. The zero-order chi connectivity index (χ0) is 35.0. The Morgan fingerprint density at radius 1 is 0.857 bits per heavy atom. The molecule has 0 spiro atoms. The topological polar surface area (TPSA) is 86.8 Å². The number of halogens is 2. The fourth-order valence-electron chi connectivity index (χ4n) is 6.05. The van der Waals surface area contributed by atoms with Crippen molar-refractivity contribution in [2.45, 2.75) is 73.9 Å². The first-order valence-electron chi connectivity index (χ1n) is 16.4. The summed E-state index contributed by atoms with van der Waals surface area (Å²) in [6.45, 7) is 1.39. The second kappa shape index (κ2) is 16.9. The van der Waals surface area contributed by atoms with Crippen LogP contribution in [0.4, 0.5) is 5.69 Å². The van der Waals surface area contributed by atoms with E-state index in [0.717, 1.165) is 52.4 Å². The first-order valence-corrected chi connectivity index (χ1v) is 19.8. The fraction of sp³-hybridized carbons (Fsp3) is 0.316. The molecule has 1 atom stereocenters. The molecule has 4 aromatic rings. The molecule has 1 fully saturated rings. The number of thioether (sulfide) groups is 1. The molecular weight excluding hydrogens is 697 g/mol. The Bertz CT molecular complexity index is 1830. The van der Waals surface area contributed by atoms with Gasteiger partial charge in [0.15, 0.2) is 0 Å². The van der Waals surface area contributed by atoms with Crippen molar-refractivity contribution in [3.8, 4) is 0 Å². The maximum atomic E-state index is 14.7. The number of aryl methyl sites for hydroxylation is 1. The van der Waals surface area contributed by atoms with Gasteiger partial charge in [-0.2, -0.15) is 0 Å². The minimum Gasteiger partial charge on any atom is -0.352 e. The van der Waals surface area contributed by atoms with Crippen LogP contribution in [-0.2, 0) is 32.6 Å². The SMILES string of the molecule is CSc1ccc(S(=O)(=O)N(CC(=O)N(Cc2ccc(Cl)c(Cl)c2)[C@H](Cc2ccccc2)C(=O)NC2CCCCC2)c2ccc(C)cc2)cc1. The van der Waals surface area contributed by atoms with Crippen molar-refractivity contribution < 1.29 is 18.0 Å². The van der Waals surface area contributed by atoms with Crippen molar-refractivity contribution in [1.29, 1.82) is 0 Å². The summed E-state index contributed by atoms with van der Waals surface area (Å²) in [6, 6.07) is 27.3. The van der Waals surface area contributed by atoms with E-state index in [1.54, 1.807) is 54.6 Å². The highest BCUT2D eigenvalue weighted by atomic mass is 35.5. The van der Waals surface area contributed by atoms with Gasteiger partial charge in [0.25, 0.3) is 10.0 Å². The summed E-state index contributed by atoms with van der Waals surface area (Å²) in [4.78, 5) is 31.5. The molecule has 49 heavy (non-hydrogen) atoms. The van der Waals surface area contributed by atoms with E-state index in [4.69, 9.17) is 23.2 Å². The molecule has 7 nitrogen and oxygen atoms in total. The number of carbonyl (C=O) groups excluding carboxylic acids is 2. The van der Waals surface area contributed by atoms with Crippen molar-refractivity contribution in [2.24, 2.45) is 0 Å². The van der Waals surface area contributed by atoms with Gasteiger partial charge in [0.1, 0.15) is 12.6 Å². The molecule has 0 heterocycles. The van der Waals surface area contributed by atoms with Crippen LogP contribution in [0.3, 0.4) is 0 Å². The number of nitrogens with zero attached hydrogens (tertiary/aromatic N) is 2. The number of rotatable bonds is 13. The Kier molecular flexibility index (Phi) is 12.7. The number of benzene rings is 4. The lowest BCUT2D eigenvalue weighted by Crippen LogP contribution is -2.55. The second-order valence-electron chi connectivity index (χ2n) is 12.3. The average molecular weight is 739 g/mol. The number of hydrogen-bond donors (Lipinski definition) is 1. The van der Waals surface area contributed by atoms with E-state index in [1.165, 1.54) is 16.7 Å². The maximum absolute atomic E-state index is 14.7. The molecule has 1 saturated carbocycles. The Hall–Kier alpha value is -3.50. The second-order valence-corrected chi connectivity index (χ2v) is 15.9. The standard InChI is InChI=1S/C38H41Cl2N3O4S2/c1-27-13-16-31(17-14-27)43(49(46,47)33-20-18-32(48-2)19-21-33)26-37(44)42(25-29-15-22-34(39)35(40)23-29)36(24-28-9-5-3-6-10-28)38(45)41-30-11-7-4-8-12-30/h3,5-6,9-10,13-23,30,36H,4,7-8,11-12,24-26H2,1-2H3,(H,41,45)/t36-/m1/s1. The van der Waals surface area contributed by atoms with Crippen LogP contribution in [0.5, 0.6) is 0 Å². The highest BCUT2D eigenvalue weighted by Gasteiger charge is 2.35. The number of sulfonamides is 1. The van der Waals surface area contributed by atoms with Crippen LogP contribution in [0.25, 0.3) is 0 Å². The minimum atomic E-state index is -4.20. The van der Waals surface area contributed by atoms with Crippen molar-refractivity contribution >= 4 is 62.5 Å². The molecule has 1 aliphatic rings. The van der Waals surface area contributed by atoms with Crippen molar-refractivity contribution in [3.05, 3.63) is 124 Å². The molecule has 2 amide bonds. The number of anilines is 1. The largest absolute Gasteiger partial charge is 0.352 e. The normalized spacial score (nSPS) is 14.2. The lowest BCUT2D eigenvalue weighted by molar-refractivity contribution is -0.140. The molecule has 0 saturated heterocycles. The molecule has 5 rings (SSSR count). The smallest absolute Gasteiger partial charge is 0.264 e. The third-order valence-corrected chi connectivity index (χ3v) is 12.1. The molecular formula is C38H41Cl2N3O4S2. The van der Waals surface area contributed by atoms with E-state index in [-0.39, 0.29) is 29.8 Å². The van der Waals surface area contributed by atoms with Gasteiger partial charge in [-0.15, -0.1) is 11.8 Å². The summed E-state index contributed by atoms with van der Waals surface area (Å²) in [5, 5.41) is 3.90. The third-order valence-electron chi connectivity index (χ3n) is 8.81. The summed E-state index contributed by atoms with van der Waals surface area (Å²) in [6.07, 6.45) is 7.09. The van der Waals surface area contributed by atoms with Gasteiger partial charge in [-0.05, 0) is 85.7 Å². The highest BCUT2D eigenvalue weighted by Crippen LogP contribution is 2.28. The van der Waals surface area contributed by atoms with Crippen molar-refractivity contribution in [1.82, 2.24) is 10.2 Å². The van der Waals surface area contributed by atoms with E-state index in [1.807, 2.05) is 55.6 Å². The number of carbonyl (C=O) groups is 2. The number of amides is 2. The first-order chi connectivity index (χ1) is 23.5. The minimum absolute atomic E-state index is 0.00939. The quantitative estimate of drug-likeness (QED) is 0.140. The summed E-state index contributed by atoms with van der Waals surface area (Å²) < 4.78 is 29.7. The van der Waals surface area contributed by atoms with Crippen LogP contribution < -0.4 is 9.62 Å². The van der Waals surface area contributed by atoms with Crippen LogP contribution in [0, 0.1) is 6.92 Å². The average Bonchev–Trinajstić information content (AvgIpc) is 3.11. The predicted molar refractivity (Wildman–Crippen MR) is 200 cm³/mol. The molecule has 1 N–H and O–H groups in total. The van der Waals surface area contributed by atoms with Crippen LogP contribution in [-0.4, -0.2) is 50.0 Å². The number of nitrogens with one attached hydrogen (secondary N) is 1. The van der Waals surface area contributed by atoms with Crippen LogP contribution in [0.2, 0.25) is 10.0 Å². The Labute approximate surface area is 304 Å². The van der Waals surface area contributed by atoms with Gasteiger partial charge in [0.2, 0.25) is 11.8 Å². The fourth-order valence-corrected chi connectivity index (χ4v) is 8.19. The zero-order valence-corrected chi connectivity index (χ0v) is 30.8.